The Hall–Kier alpha value is -2.95. The average molecular weight is 511 g/mol. The number of carbonyl (C=O) groups is 2. The summed E-state index contributed by atoms with van der Waals surface area (Å²) in [5.74, 6) is 1.27. The number of nitrogens with zero attached hydrogens (tertiary/aromatic N) is 3. The van der Waals surface area contributed by atoms with Gasteiger partial charge in [0.15, 0.2) is 0 Å². The van der Waals surface area contributed by atoms with Crippen molar-refractivity contribution in [2.45, 2.75) is 12.3 Å². The topological polar surface area (TPSA) is 84.4 Å². The minimum absolute atomic E-state index is 0.115. The SMILES string of the molecule is COc1cccc(-c2sc(C)nc2C(=O)N2CCSC2CNC(=O)c2cccc3ncsc23)c1. The predicted molar refractivity (Wildman–Crippen MR) is 138 cm³/mol. The summed E-state index contributed by atoms with van der Waals surface area (Å²) in [6.07, 6.45) is 0. The van der Waals surface area contributed by atoms with Gasteiger partial charge >= 0.3 is 0 Å². The maximum atomic E-state index is 13.6. The quantitative estimate of drug-likeness (QED) is 0.405. The zero-order chi connectivity index (χ0) is 23.7. The van der Waals surface area contributed by atoms with Crippen molar-refractivity contribution in [1.82, 2.24) is 20.2 Å². The fourth-order valence-corrected chi connectivity index (χ4v) is 6.79. The highest BCUT2D eigenvalue weighted by Gasteiger charge is 2.33. The lowest BCUT2D eigenvalue weighted by atomic mass is 10.1. The molecular formula is C24H22N4O3S3. The molecule has 2 aromatic heterocycles. The van der Waals surface area contributed by atoms with E-state index >= 15 is 0 Å². The summed E-state index contributed by atoms with van der Waals surface area (Å²) in [6, 6.07) is 13.2. The van der Waals surface area contributed by atoms with E-state index in [2.05, 4.69) is 15.3 Å². The number of benzene rings is 2. The Labute approximate surface area is 209 Å². The molecule has 1 unspecified atom stereocenters. The Balaban J connectivity index is 1.34. The third-order valence-corrected chi connectivity index (χ3v) is 8.68. The van der Waals surface area contributed by atoms with Crippen molar-refractivity contribution in [2.75, 3.05) is 26.0 Å². The van der Waals surface area contributed by atoms with Gasteiger partial charge in [-0.05, 0) is 36.8 Å². The third-order valence-electron chi connectivity index (χ3n) is 5.56. The van der Waals surface area contributed by atoms with Gasteiger partial charge in [0.05, 0.1) is 43.7 Å². The minimum Gasteiger partial charge on any atom is -0.497 e. The lowest BCUT2D eigenvalue weighted by Gasteiger charge is -2.24. The second-order valence-electron chi connectivity index (χ2n) is 7.68. The maximum Gasteiger partial charge on any atom is 0.274 e. The molecule has 1 aliphatic heterocycles. The molecule has 5 rings (SSSR count). The van der Waals surface area contributed by atoms with Crippen molar-refractivity contribution in [3.8, 4) is 16.2 Å². The van der Waals surface area contributed by atoms with Crippen LogP contribution in [0.3, 0.4) is 0 Å². The fraction of sp³-hybridized carbons (Fsp3) is 0.250. The van der Waals surface area contributed by atoms with E-state index in [-0.39, 0.29) is 17.2 Å². The fourth-order valence-electron chi connectivity index (χ4n) is 3.93. The second-order valence-corrected chi connectivity index (χ2v) is 11.0. The van der Waals surface area contributed by atoms with E-state index in [1.807, 2.05) is 48.2 Å². The van der Waals surface area contributed by atoms with Gasteiger partial charge in [0.2, 0.25) is 0 Å². The van der Waals surface area contributed by atoms with E-state index in [4.69, 9.17) is 4.74 Å². The first-order valence-electron chi connectivity index (χ1n) is 10.7. The standard InChI is InChI=1S/C24H22N4O3S3/c1-14-27-20(21(34-14)15-5-3-6-16(11-15)31-2)24(30)28-9-10-32-19(28)12-25-23(29)17-7-4-8-18-22(17)33-13-26-18/h3-8,11,13,19H,9-10,12H2,1-2H3,(H,25,29). The van der Waals surface area contributed by atoms with Crippen LogP contribution in [0.25, 0.3) is 20.7 Å². The molecule has 7 nitrogen and oxygen atoms in total. The summed E-state index contributed by atoms with van der Waals surface area (Å²) in [6.45, 7) is 2.88. The highest BCUT2D eigenvalue weighted by molar-refractivity contribution is 8.00. The molecular weight excluding hydrogens is 488 g/mol. The van der Waals surface area contributed by atoms with Crippen molar-refractivity contribution in [3.63, 3.8) is 0 Å². The monoisotopic (exact) mass is 510 g/mol. The van der Waals surface area contributed by atoms with E-state index in [1.54, 1.807) is 30.4 Å². The van der Waals surface area contributed by atoms with E-state index in [9.17, 15) is 9.59 Å². The summed E-state index contributed by atoms with van der Waals surface area (Å²) < 4.78 is 6.22. The normalized spacial score (nSPS) is 15.6. The van der Waals surface area contributed by atoms with Crippen LogP contribution in [0, 0.1) is 6.92 Å². The van der Waals surface area contributed by atoms with Gasteiger partial charge in [0, 0.05) is 18.8 Å². The number of hydrogen-bond donors (Lipinski definition) is 1. The summed E-state index contributed by atoms with van der Waals surface area (Å²) in [4.78, 5) is 38.0. The van der Waals surface area contributed by atoms with Crippen LogP contribution in [-0.2, 0) is 0 Å². The molecule has 1 aliphatic rings. The smallest absolute Gasteiger partial charge is 0.274 e. The molecule has 0 aliphatic carbocycles. The Kier molecular flexibility index (Phi) is 6.53. The van der Waals surface area contributed by atoms with E-state index < -0.39 is 0 Å². The van der Waals surface area contributed by atoms with E-state index in [1.165, 1.54) is 22.7 Å². The van der Waals surface area contributed by atoms with Crippen LogP contribution in [0.4, 0.5) is 0 Å². The zero-order valence-corrected chi connectivity index (χ0v) is 21.1. The Morgan fingerprint density at radius 1 is 1.24 bits per heavy atom. The molecule has 1 N–H and O–H groups in total. The molecule has 174 valence electrons. The van der Waals surface area contributed by atoms with Gasteiger partial charge in [0.25, 0.3) is 11.8 Å². The largest absolute Gasteiger partial charge is 0.497 e. The summed E-state index contributed by atoms with van der Waals surface area (Å²) in [5, 5.41) is 3.69. The first-order chi connectivity index (χ1) is 16.5. The molecule has 4 aromatic rings. The van der Waals surface area contributed by atoms with Crippen LogP contribution in [-0.4, -0.2) is 58.0 Å². The van der Waals surface area contributed by atoms with Crippen molar-refractivity contribution in [1.29, 1.82) is 0 Å². The average Bonchev–Trinajstić information content (AvgIpc) is 3.61. The highest BCUT2D eigenvalue weighted by Crippen LogP contribution is 2.35. The van der Waals surface area contributed by atoms with Gasteiger partial charge in [-0.25, -0.2) is 9.97 Å². The summed E-state index contributed by atoms with van der Waals surface area (Å²) in [7, 11) is 1.62. The molecule has 34 heavy (non-hydrogen) atoms. The number of aromatic nitrogens is 2. The Bertz CT molecular complexity index is 1370. The number of rotatable bonds is 6. The molecule has 0 spiro atoms. The molecule has 2 amide bonds. The van der Waals surface area contributed by atoms with Crippen molar-refractivity contribution < 1.29 is 14.3 Å². The van der Waals surface area contributed by atoms with Crippen LogP contribution < -0.4 is 10.1 Å². The van der Waals surface area contributed by atoms with Gasteiger partial charge in [-0.15, -0.1) is 34.4 Å². The lowest BCUT2D eigenvalue weighted by Crippen LogP contribution is -2.42. The number of amides is 2. The predicted octanol–water partition coefficient (Wildman–Crippen LogP) is 4.68. The molecule has 0 saturated carbocycles. The number of methoxy groups -OCH3 is 1. The van der Waals surface area contributed by atoms with Gasteiger partial charge in [-0.1, -0.05) is 18.2 Å². The van der Waals surface area contributed by atoms with E-state index in [0.717, 1.165) is 37.2 Å². The van der Waals surface area contributed by atoms with Gasteiger partial charge in [-0.3, -0.25) is 9.59 Å². The number of fused-ring (bicyclic) bond motifs is 1. The third kappa shape index (κ3) is 4.40. The summed E-state index contributed by atoms with van der Waals surface area (Å²) >= 11 is 4.61. The van der Waals surface area contributed by atoms with Crippen LogP contribution in [0.15, 0.2) is 48.0 Å². The molecule has 0 radical (unpaired) electrons. The zero-order valence-electron chi connectivity index (χ0n) is 18.6. The number of nitrogens with one attached hydrogen (secondary N) is 1. The maximum absolute atomic E-state index is 13.6. The summed E-state index contributed by atoms with van der Waals surface area (Å²) in [5.41, 5.74) is 4.52. The number of aryl methyl sites for hydroxylation is 1. The van der Waals surface area contributed by atoms with Crippen molar-refractivity contribution in [2.24, 2.45) is 0 Å². The number of thiazole rings is 2. The van der Waals surface area contributed by atoms with Gasteiger partial charge in [0.1, 0.15) is 11.4 Å². The van der Waals surface area contributed by atoms with Gasteiger partial charge in [-0.2, -0.15) is 0 Å². The molecule has 1 fully saturated rings. The van der Waals surface area contributed by atoms with Crippen LogP contribution in [0.1, 0.15) is 25.9 Å². The first kappa shape index (κ1) is 22.8. The van der Waals surface area contributed by atoms with Crippen molar-refractivity contribution in [3.05, 3.63) is 64.2 Å². The number of carbonyl (C=O) groups excluding carboxylic acids is 2. The van der Waals surface area contributed by atoms with Crippen LogP contribution >= 0.6 is 34.4 Å². The Morgan fingerprint density at radius 3 is 2.94 bits per heavy atom. The number of ether oxygens (including phenoxy) is 1. The number of hydrogen-bond acceptors (Lipinski definition) is 8. The number of thioether (sulfide) groups is 1. The molecule has 10 heteroatoms. The lowest BCUT2D eigenvalue weighted by molar-refractivity contribution is 0.0747. The molecule has 3 heterocycles. The minimum atomic E-state index is -0.156. The van der Waals surface area contributed by atoms with Crippen LogP contribution in [0.2, 0.25) is 0 Å². The second kappa shape index (κ2) is 9.73. The van der Waals surface area contributed by atoms with Gasteiger partial charge < -0.3 is 15.0 Å². The molecule has 1 atom stereocenters. The Morgan fingerprint density at radius 2 is 2.09 bits per heavy atom. The first-order valence-corrected chi connectivity index (χ1v) is 13.4. The molecule has 1 saturated heterocycles. The van der Waals surface area contributed by atoms with Crippen LogP contribution in [0.5, 0.6) is 5.75 Å². The van der Waals surface area contributed by atoms with E-state index in [0.29, 0.717) is 24.3 Å². The highest BCUT2D eigenvalue weighted by atomic mass is 32.2. The molecule has 0 bridgehead atoms. The molecule has 2 aromatic carbocycles. The van der Waals surface area contributed by atoms with Crippen molar-refractivity contribution >= 4 is 56.5 Å².